The zero-order valence-corrected chi connectivity index (χ0v) is 14.4. The van der Waals surface area contributed by atoms with Gasteiger partial charge in [0.05, 0.1) is 11.6 Å². The van der Waals surface area contributed by atoms with Crippen molar-refractivity contribution < 1.29 is 4.79 Å². The molecule has 0 bridgehead atoms. The normalized spacial score (nSPS) is 12.1. The first-order valence-electron chi connectivity index (χ1n) is 8.45. The molecule has 1 aromatic heterocycles. The lowest BCUT2D eigenvalue weighted by Gasteiger charge is -2.16. The van der Waals surface area contributed by atoms with Gasteiger partial charge >= 0.3 is 0 Å². The van der Waals surface area contributed by atoms with Crippen LogP contribution in [-0.4, -0.2) is 22.2 Å². The van der Waals surface area contributed by atoms with Gasteiger partial charge in [-0.05, 0) is 38.3 Å². The number of carbonyl (C=O) groups is 1. The predicted octanol–water partition coefficient (Wildman–Crippen LogP) is 3.59. The summed E-state index contributed by atoms with van der Waals surface area (Å²) in [4.78, 5) is 12.5. The summed E-state index contributed by atoms with van der Waals surface area (Å²) < 4.78 is 2.00. The van der Waals surface area contributed by atoms with Crippen LogP contribution >= 0.6 is 0 Å². The molecular weight excluding hydrogens is 286 g/mol. The molecule has 2 rings (SSSR count). The summed E-state index contributed by atoms with van der Waals surface area (Å²) >= 11 is 0. The van der Waals surface area contributed by atoms with E-state index in [1.807, 2.05) is 41.9 Å². The number of nitrogens with one attached hydrogen (secondary N) is 1. The van der Waals surface area contributed by atoms with Crippen LogP contribution in [0.1, 0.15) is 49.1 Å². The Kier molecular flexibility index (Phi) is 6.39. The number of carbonyl (C=O) groups excluding carboxylic acids is 1. The van der Waals surface area contributed by atoms with Gasteiger partial charge in [-0.15, -0.1) is 0 Å². The second-order valence-corrected chi connectivity index (χ2v) is 6.05. The zero-order valence-electron chi connectivity index (χ0n) is 14.4. The summed E-state index contributed by atoms with van der Waals surface area (Å²) in [6.45, 7) is 7.70. The van der Waals surface area contributed by atoms with Gasteiger partial charge in [0.1, 0.15) is 0 Å². The minimum absolute atomic E-state index is 0.0464. The van der Waals surface area contributed by atoms with Crippen molar-refractivity contribution in [3.63, 3.8) is 0 Å². The molecule has 0 fully saturated rings. The number of amides is 1. The Balaban J connectivity index is 1.83. The predicted molar refractivity (Wildman–Crippen MR) is 93.4 cm³/mol. The number of rotatable bonds is 8. The molecule has 4 nitrogen and oxygen atoms in total. The molecule has 1 N–H and O–H groups in total. The fourth-order valence-electron chi connectivity index (χ4n) is 2.89. The van der Waals surface area contributed by atoms with Crippen LogP contribution in [0.2, 0.25) is 0 Å². The second kappa shape index (κ2) is 8.51. The molecule has 1 amide bonds. The van der Waals surface area contributed by atoms with Gasteiger partial charge in [-0.2, -0.15) is 5.10 Å². The molecule has 23 heavy (non-hydrogen) atoms. The lowest BCUT2D eigenvalue weighted by molar-refractivity contribution is -0.122. The van der Waals surface area contributed by atoms with Gasteiger partial charge in [-0.1, -0.05) is 43.7 Å². The molecule has 0 spiro atoms. The van der Waals surface area contributed by atoms with Crippen molar-refractivity contribution in [1.29, 1.82) is 0 Å². The third kappa shape index (κ3) is 4.95. The van der Waals surface area contributed by atoms with Crippen LogP contribution in [0.25, 0.3) is 0 Å². The SMILES string of the molecule is CCCC(C(=O)NCCCn1nc(C)cc1C)c1ccccc1. The van der Waals surface area contributed by atoms with Crippen molar-refractivity contribution in [2.45, 2.75) is 52.5 Å². The van der Waals surface area contributed by atoms with E-state index >= 15 is 0 Å². The number of nitrogens with zero attached hydrogens (tertiary/aromatic N) is 2. The number of benzene rings is 1. The van der Waals surface area contributed by atoms with Gasteiger partial charge in [0.25, 0.3) is 0 Å². The molecule has 1 unspecified atom stereocenters. The first kappa shape index (κ1) is 17.3. The van der Waals surface area contributed by atoms with Gasteiger partial charge < -0.3 is 5.32 Å². The van der Waals surface area contributed by atoms with Gasteiger partial charge in [-0.25, -0.2) is 0 Å². The topological polar surface area (TPSA) is 46.9 Å². The van der Waals surface area contributed by atoms with Crippen molar-refractivity contribution >= 4 is 5.91 Å². The van der Waals surface area contributed by atoms with Crippen LogP contribution in [0.5, 0.6) is 0 Å². The van der Waals surface area contributed by atoms with E-state index in [1.165, 1.54) is 5.69 Å². The molecule has 2 aromatic rings. The summed E-state index contributed by atoms with van der Waals surface area (Å²) in [7, 11) is 0. The Labute approximate surface area is 138 Å². The Morgan fingerprint density at radius 2 is 2.00 bits per heavy atom. The largest absolute Gasteiger partial charge is 0.356 e. The number of aromatic nitrogens is 2. The summed E-state index contributed by atoms with van der Waals surface area (Å²) in [6, 6.07) is 12.1. The first-order valence-corrected chi connectivity index (χ1v) is 8.45. The van der Waals surface area contributed by atoms with E-state index in [-0.39, 0.29) is 11.8 Å². The fraction of sp³-hybridized carbons (Fsp3) is 0.474. The van der Waals surface area contributed by atoms with Crippen LogP contribution in [-0.2, 0) is 11.3 Å². The molecule has 0 saturated heterocycles. The number of hydrogen-bond donors (Lipinski definition) is 1. The van der Waals surface area contributed by atoms with Crippen molar-refractivity contribution in [1.82, 2.24) is 15.1 Å². The Hall–Kier alpha value is -2.10. The lowest BCUT2D eigenvalue weighted by atomic mass is 9.93. The summed E-state index contributed by atoms with van der Waals surface area (Å²) in [5.74, 6) is 0.0845. The smallest absolute Gasteiger partial charge is 0.227 e. The summed E-state index contributed by atoms with van der Waals surface area (Å²) in [5, 5.41) is 7.53. The monoisotopic (exact) mass is 313 g/mol. The molecule has 124 valence electrons. The quantitative estimate of drug-likeness (QED) is 0.757. The van der Waals surface area contributed by atoms with Gasteiger partial charge in [-0.3, -0.25) is 9.48 Å². The van der Waals surface area contributed by atoms with Crippen molar-refractivity contribution in [3.05, 3.63) is 53.3 Å². The fourth-order valence-corrected chi connectivity index (χ4v) is 2.89. The van der Waals surface area contributed by atoms with Crippen LogP contribution in [0, 0.1) is 13.8 Å². The lowest BCUT2D eigenvalue weighted by Crippen LogP contribution is -2.30. The number of aryl methyl sites for hydroxylation is 3. The summed E-state index contributed by atoms with van der Waals surface area (Å²) in [5.41, 5.74) is 3.31. The Bertz CT molecular complexity index is 619. The van der Waals surface area contributed by atoms with E-state index in [4.69, 9.17) is 0 Å². The molecule has 0 radical (unpaired) electrons. The van der Waals surface area contributed by atoms with Gasteiger partial charge in [0.2, 0.25) is 5.91 Å². The molecular formula is C19H27N3O. The average molecular weight is 313 g/mol. The van der Waals surface area contributed by atoms with E-state index in [1.54, 1.807) is 0 Å². The van der Waals surface area contributed by atoms with Crippen molar-refractivity contribution in [3.8, 4) is 0 Å². The van der Waals surface area contributed by atoms with Crippen LogP contribution in [0.3, 0.4) is 0 Å². The zero-order chi connectivity index (χ0) is 16.7. The van der Waals surface area contributed by atoms with E-state index < -0.39 is 0 Å². The highest BCUT2D eigenvalue weighted by Crippen LogP contribution is 2.21. The molecule has 0 saturated carbocycles. The van der Waals surface area contributed by atoms with Crippen molar-refractivity contribution in [2.75, 3.05) is 6.54 Å². The maximum atomic E-state index is 12.5. The molecule has 0 aliphatic rings. The molecule has 4 heteroatoms. The Morgan fingerprint density at radius 1 is 1.26 bits per heavy atom. The highest BCUT2D eigenvalue weighted by Gasteiger charge is 2.18. The van der Waals surface area contributed by atoms with Crippen molar-refractivity contribution in [2.24, 2.45) is 0 Å². The maximum absolute atomic E-state index is 12.5. The molecule has 0 aliphatic heterocycles. The molecule has 1 aromatic carbocycles. The Morgan fingerprint density at radius 3 is 2.61 bits per heavy atom. The van der Waals surface area contributed by atoms with Crippen LogP contribution < -0.4 is 5.32 Å². The molecule has 0 aliphatic carbocycles. The third-order valence-corrected chi connectivity index (χ3v) is 4.05. The van der Waals surface area contributed by atoms with E-state index in [2.05, 4.69) is 30.3 Å². The van der Waals surface area contributed by atoms with Gasteiger partial charge in [0, 0.05) is 18.8 Å². The van der Waals surface area contributed by atoms with E-state index in [0.717, 1.165) is 37.1 Å². The van der Waals surface area contributed by atoms with Gasteiger partial charge in [0.15, 0.2) is 0 Å². The standard InChI is InChI=1S/C19H27N3O/c1-4-9-18(17-10-6-5-7-11-17)19(23)20-12-8-13-22-16(3)14-15(2)21-22/h5-7,10-11,14,18H,4,8-9,12-13H2,1-3H3,(H,20,23). The van der Waals surface area contributed by atoms with Crippen LogP contribution in [0.15, 0.2) is 36.4 Å². The third-order valence-electron chi connectivity index (χ3n) is 4.05. The average Bonchev–Trinajstić information content (AvgIpc) is 2.87. The van der Waals surface area contributed by atoms with E-state index in [0.29, 0.717) is 6.54 Å². The maximum Gasteiger partial charge on any atom is 0.227 e. The highest BCUT2D eigenvalue weighted by atomic mass is 16.1. The van der Waals surface area contributed by atoms with Crippen LogP contribution in [0.4, 0.5) is 0 Å². The minimum Gasteiger partial charge on any atom is -0.356 e. The second-order valence-electron chi connectivity index (χ2n) is 6.05. The highest BCUT2D eigenvalue weighted by molar-refractivity contribution is 5.83. The minimum atomic E-state index is -0.0464. The summed E-state index contributed by atoms with van der Waals surface area (Å²) in [6.07, 6.45) is 2.77. The van der Waals surface area contributed by atoms with E-state index in [9.17, 15) is 4.79 Å². The number of hydrogen-bond acceptors (Lipinski definition) is 2. The molecule has 1 heterocycles. The first-order chi connectivity index (χ1) is 11.1. The molecule has 1 atom stereocenters.